The first-order valence-corrected chi connectivity index (χ1v) is 7.76. The maximum atomic E-state index is 5.51. The second-order valence-electron chi connectivity index (χ2n) is 4.32. The summed E-state index contributed by atoms with van der Waals surface area (Å²) in [5.41, 5.74) is 1.58. The van der Waals surface area contributed by atoms with E-state index in [0.717, 1.165) is 22.6 Å². The van der Waals surface area contributed by atoms with Gasteiger partial charge in [-0.1, -0.05) is 0 Å². The molecule has 0 radical (unpaired) electrons. The van der Waals surface area contributed by atoms with Crippen LogP contribution >= 0.6 is 33.9 Å². The van der Waals surface area contributed by atoms with Crippen LogP contribution < -0.4 is 5.32 Å². The van der Waals surface area contributed by atoms with E-state index in [1.165, 1.54) is 24.1 Å². The van der Waals surface area contributed by atoms with Crippen LogP contribution in [0.5, 0.6) is 0 Å². The summed E-state index contributed by atoms with van der Waals surface area (Å²) in [5.74, 6) is 1.01. The van der Waals surface area contributed by atoms with E-state index in [1.807, 2.05) is 23.5 Å². The van der Waals surface area contributed by atoms with Crippen LogP contribution in [0.4, 0.5) is 0 Å². The Hall–Kier alpha value is -0.330. The van der Waals surface area contributed by atoms with Crippen molar-refractivity contribution in [1.82, 2.24) is 5.32 Å². The largest absolute Gasteiger partial charge is 0.454 e. The molecule has 0 amide bonds. The lowest BCUT2D eigenvalue weighted by Crippen LogP contribution is -2.11. The standard InChI is InChI=1S/C13H14INOS/c14-13-5-4-10(16-13)7-15-8-11-6-9-2-1-3-12(9)17-11/h4-6,15H,1-3,7-8H2. The highest BCUT2D eigenvalue weighted by Gasteiger charge is 2.14. The van der Waals surface area contributed by atoms with Crippen molar-refractivity contribution in [3.63, 3.8) is 0 Å². The Labute approximate surface area is 119 Å². The second-order valence-corrected chi connectivity index (χ2v) is 6.61. The topological polar surface area (TPSA) is 25.2 Å². The van der Waals surface area contributed by atoms with Crippen LogP contribution in [0, 0.1) is 3.77 Å². The fraction of sp³-hybridized carbons (Fsp3) is 0.385. The molecule has 0 aliphatic heterocycles. The summed E-state index contributed by atoms with van der Waals surface area (Å²) in [6.07, 6.45) is 3.91. The predicted octanol–water partition coefficient (Wildman–Crippen LogP) is 3.72. The number of hydrogen-bond acceptors (Lipinski definition) is 3. The minimum atomic E-state index is 0.811. The van der Waals surface area contributed by atoms with Crippen LogP contribution in [0.15, 0.2) is 22.6 Å². The van der Waals surface area contributed by atoms with E-state index in [4.69, 9.17) is 4.42 Å². The SMILES string of the molecule is Ic1ccc(CNCc2cc3c(s2)CCC3)o1. The van der Waals surface area contributed by atoms with E-state index in [0.29, 0.717) is 0 Å². The number of furan rings is 1. The van der Waals surface area contributed by atoms with E-state index in [-0.39, 0.29) is 0 Å². The number of aryl methyl sites for hydroxylation is 2. The van der Waals surface area contributed by atoms with Gasteiger partial charge in [0.05, 0.1) is 6.54 Å². The van der Waals surface area contributed by atoms with E-state index in [9.17, 15) is 0 Å². The molecular formula is C13H14INOS. The molecule has 2 heterocycles. The van der Waals surface area contributed by atoms with Crippen LogP contribution in [-0.2, 0) is 25.9 Å². The van der Waals surface area contributed by atoms with Gasteiger partial charge in [0, 0.05) is 16.3 Å². The van der Waals surface area contributed by atoms with Gasteiger partial charge in [-0.2, -0.15) is 0 Å². The molecule has 2 nitrogen and oxygen atoms in total. The van der Waals surface area contributed by atoms with Gasteiger partial charge in [-0.25, -0.2) is 0 Å². The number of hydrogen-bond donors (Lipinski definition) is 1. The third-order valence-corrected chi connectivity index (χ3v) is 4.84. The molecule has 3 rings (SSSR count). The molecule has 0 aromatic carbocycles. The first kappa shape index (κ1) is 11.7. The van der Waals surface area contributed by atoms with Gasteiger partial charge in [-0.3, -0.25) is 0 Å². The second kappa shape index (κ2) is 5.12. The summed E-state index contributed by atoms with van der Waals surface area (Å²) < 4.78 is 6.46. The molecule has 0 spiro atoms. The number of rotatable bonds is 4. The van der Waals surface area contributed by atoms with Crippen LogP contribution in [0.3, 0.4) is 0 Å². The Morgan fingerprint density at radius 3 is 3.00 bits per heavy atom. The summed E-state index contributed by atoms with van der Waals surface area (Å²) in [5, 5.41) is 3.43. The fourth-order valence-electron chi connectivity index (χ4n) is 2.23. The zero-order valence-electron chi connectivity index (χ0n) is 9.46. The normalized spacial score (nSPS) is 14.2. The smallest absolute Gasteiger partial charge is 0.164 e. The van der Waals surface area contributed by atoms with Crippen molar-refractivity contribution in [3.05, 3.63) is 43.0 Å². The third kappa shape index (κ3) is 2.74. The highest BCUT2D eigenvalue weighted by atomic mass is 127. The van der Waals surface area contributed by atoms with Crippen molar-refractivity contribution in [2.75, 3.05) is 0 Å². The summed E-state index contributed by atoms with van der Waals surface area (Å²) in [6, 6.07) is 6.40. The maximum Gasteiger partial charge on any atom is 0.164 e. The van der Waals surface area contributed by atoms with Gasteiger partial charge in [-0.05, 0) is 65.6 Å². The van der Waals surface area contributed by atoms with Crippen molar-refractivity contribution in [2.24, 2.45) is 0 Å². The van der Waals surface area contributed by atoms with E-state index in [1.54, 1.807) is 10.4 Å². The molecule has 4 heteroatoms. The molecular weight excluding hydrogens is 345 g/mol. The maximum absolute atomic E-state index is 5.51. The van der Waals surface area contributed by atoms with Gasteiger partial charge in [0.15, 0.2) is 3.77 Å². The fourth-order valence-corrected chi connectivity index (χ4v) is 3.93. The van der Waals surface area contributed by atoms with Crippen molar-refractivity contribution >= 4 is 33.9 Å². The third-order valence-electron chi connectivity index (χ3n) is 3.02. The molecule has 1 N–H and O–H groups in total. The highest BCUT2D eigenvalue weighted by molar-refractivity contribution is 14.1. The first-order valence-electron chi connectivity index (χ1n) is 5.86. The lowest BCUT2D eigenvalue weighted by atomic mass is 10.2. The molecule has 1 aliphatic carbocycles. The van der Waals surface area contributed by atoms with Crippen LogP contribution in [0.2, 0.25) is 0 Å². The zero-order valence-corrected chi connectivity index (χ0v) is 12.4. The van der Waals surface area contributed by atoms with E-state index < -0.39 is 0 Å². The molecule has 90 valence electrons. The number of halogens is 1. The molecule has 0 bridgehead atoms. The monoisotopic (exact) mass is 359 g/mol. The average Bonchev–Trinajstić information content (AvgIpc) is 2.94. The molecule has 0 saturated carbocycles. The minimum Gasteiger partial charge on any atom is -0.454 e. The molecule has 2 aromatic rings. The molecule has 0 fully saturated rings. The Morgan fingerprint density at radius 2 is 2.24 bits per heavy atom. The molecule has 1 aliphatic rings. The average molecular weight is 359 g/mol. The summed E-state index contributed by atoms with van der Waals surface area (Å²) >= 11 is 4.16. The van der Waals surface area contributed by atoms with Gasteiger partial charge >= 0.3 is 0 Å². The lowest BCUT2D eigenvalue weighted by Gasteiger charge is -2.00. The summed E-state index contributed by atoms with van der Waals surface area (Å²) in [7, 11) is 0. The molecule has 2 aromatic heterocycles. The lowest BCUT2D eigenvalue weighted by molar-refractivity contribution is 0.463. The Bertz CT molecular complexity index is 496. The number of nitrogens with one attached hydrogen (secondary N) is 1. The van der Waals surface area contributed by atoms with Crippen molar-refractivity contribution in [2.45, 2.75) is 32.4 Å². The van der Waals surface area contributed by atoms with E-state index >= 15 is 0 Å². The van der Waals surface area contributed by atoms with Crippen molar-refractivity contribution < 1.29 is 4.42 Å². The Balaban J connectivity index is 1.54. The van der Waals surface area contributed by atoms with Crippen LogP contribution in [0.25, 0.3) is 0 Å². The number of fused-ring (bicyclic) bond motifs is 1. The Kier molecular flexibility index (Phi) is 3.54. The Morgan fingerprint density at radius 1 is 1.29 bits per heavy atom. The van der Waals surface area contributed by atoms with E-state index in [2.05, 4.69) is 34.0 Å². The minimum absolute atomic E-state index is 0.811. The highest BCUT2D eigenvalue weighted by Crippen LogP contribution is 2.30. The van der Waals surface area contributed by atoms with Crippen LogP contribution in [-0.4, -0.2) is 0 Å². The molecule has 0 atom stereocenters. The van der Waals surface area contributed by atoms with Gasteiger partial charge < -0.3 is 9.73 Å². The molecule has 0 unspecified atom stereocenters. The van der Waals surface area contributed by atoms with Gasteiger partial charge in [0.2, 0.25) is 0 Å². The number of thiophene rings is 1. The summed E-state index contributed by atoms with van der Waals surface area (Å²) in [4.78, 5) is 3.06. The predicted molar refractivity (Wildman–Crippen MR) is 78.3 cm³/mol. The van der Waals surface area contributed by atoms with Crippen LogP contribution in [0.1, 0.15) is 27.5 Å². The van der Waals surface area contributed by atoms with Gasteiger partial charge in [-0.15, -0.1) is 11.3 Å². The van der Waals surface area contributed by atoms with Crippen molar-refractivity contribution in [3.8, 4) is 0 Å². The van der Waals surface area contributed by atoms with Gasteiger partial charge in [0.1, 0.15) is 5.76 Å². The molecule has 0 saturated heterocycles. The van der Waals surface area contributed by atoms with Gasteiger partial charge in [0.25, 0.3) is 0 Å². The molecule has 17 heavy (non-hydrogen) atoms. The zero-order chi connectivity index (χ0) is 11.7. The van der Waals surface area contributed by atoms with Crippen molar-refractivity contribution in [1.29, 1.82) is 0 Å². The quantitative estimate of drug-likeness (QED) is 0.842. The first-order chi connectivity index (χ1) is 8.31. The summed E-state index contributed by atoms with van der Waals surface area (Å²) in [6.45, 7) is 1.76.